The van der Waals surface area contributed by atoms with Gasteiger partial charge < -0.3 is 0 Å². The number of halogens is 2. The van der Waals surface area contributed by atoms with Gasteiger partial charge in [0.1, 0.15) is 4.33 Å². The summed E-state index contributed by atoms with van der Waals surface area (Å²) in [6, 6.07) is 0. The molecule has 0 saturated heterocycles. The standard InChI is InChI=1S/C8H12Cl2/c9-8(10)6-4-2-1-3-5-7-8/h1-2H,3-7H2. The molecular formula is C8H12Cl2. The first-order valence-corrected chi connectivity index (χ1v) is 4.49. The number of hydrogen-bond donors (Lipinski definition) is 0. The van der Waals surface area contributed by atoms with E-state index in [-0.39, 0.29) is 0 Å². The highest BCUT2D eigenvalue weighted by atomic mass is 35.5. The van der Waals surface area contributed by atoms with Gasteiger partial charge in [0.25, 0.3) is 0 Å². The van der Waals surface area contributed by atoms with Gasteiger partial charge in [-0.1, -0.05) is 12.2 Å². The van der Waals surface area contributed by atoms with Gasteiger partial charge in [-0.05, 0) is 32.1 Å². The van der Waals surface area contributed by atoms with E-state index in [2.05, 4.69) is 12.2 Å². The number of rotatable bonds is 0. The highest BCUT2D eigenvalue weighted by Crippen LogP contribution is 2.33. The maximum absolute atomic E-state index is 5.98. The summed E-state index contributed by atoms with van der Waals surface area (Å²) in [6.45, 7) is 0. The summed E-state index contributed by atoms with van der Waals surface area (Å²) in [4.78, 5) is 0. The van der Waals surface area contributed by atoms with E-state index in [0.717, 1.165) is 32.1 Å². The van der Waals surface area contributed by atoms with E-state index in [4.69, 9.17) is 23.2 Å². The number of allylic oxidation sites excluding steroid dienone is 2. The summed E-state index contributed by atoms with van der Waals surface area (Å²) in [5.74, 6) is 0. The summed E-state index contributed by atoms with van der Waals surface area (Å²) in [6.07, 6.45) is 9.46. The molecule has 0 nitrogen and oxygen atoms in total. The lowest BCUT2D eigenvalue weighted by Crippen LogP contribution is -2.12. The van der Waals surface area contributed by atoms with Gasteiger partial charge in [-0.25, -0.2) is 0 Å². The smallest absolute Gasteiger partial charge is 0.102 e. The molecule has 0 aromatic carbocycles. The molecule has 0 radical (unpaired) electrons. The van der Waals surface area contributed by atoms with Crippen molar-refractivity contribution in [2.45, 2.75) is 36.4 Å². The molecule has 0 spiro atoms. The van der Waals surface area contributed by atoms with E-state index >= 15 is 0 Å². The topological polar surface area (TPSA) is 0 Å². The van der Waals surface area contributed by atoms with Crippen LogP contribution in [0.4, 0.5) is 0 Å². The lowest BCUT2D eigenvalue weighted by atomic mass is 10.1. The SMILES string of the molecule is ClC1(Cl)CCC=CCCC1. The summed E-state index contributed by atoms with van der Waals surface area (Å²) in [5.41, 5.74) is 0. The zero-order valence-electron chi connectivity index (χ0n) is 5.95. The normalized spacial score (nSPS) is 25.4. The van der Waals surface area contributed by atoms with Crippen LogP contribution < -0.4 is 0 Å². The quantitative estimate of drug-likeness (QED) is 0.393. The molecule has 2 heteroatoms. The third-order valence-electron chi connectivity index (χ3n) is 1.76. The maximum atomic E-state index is 5.98. The molecule has 0 amide bonds. The summed E-state index contributed by atoms with van der Waals surface area (Å²) < 4.78 is -0.454. The fourth-order valence-corrected chi connectivity index (χ4v) is 1.62. The first kappa shape index (κ1) is 8.42. The molecular weight excluding hydrogens is 167 g/mol. The first-order chi connectivity index (χ1) is 4.71. The van der Waals surface area contributed by atoms with E-state index in [1.54, 1.807) is 0 Å². The largest absolute Gasteiger partial charge is 0.118 e. The van der Waals surface area contributed by atoms with Gasteiger partial charge >= 0.3 is 0 Å². The lowest BCUT2D eigenvalue weighted by Gasteiger charge is -2.19. The van der Waals surface area contributed by atoms with Crippen molar-refractivity contribution in [1.29, 1.82) is 0 Å². The second-order valence-corrected chi connectivity index (χ2v) is 4.40. The molecule has 0 aromatic rings. The molecule has 0 saturated carbocycles. The highest BCUT2D eigenvalue weighted by molar-refractivity contribution is 6.48. The average Bonchev–Trinajstić information content (AvgIpc) is 1.81. The molecule has 1 rings (SSSR count). The molecule has 0 N–H and O–H groups in total. The van der Waals surface area contributed by atoms with Crippen LogP contribution in [-0.4, -0.2) is 4.33 Å². The molecule has 0 aromatic heterocycles. The minimum absolute atomic E-state index is 0.454. The minimum atomic E-state index is -0.454. The second-order valence-electron chi connectivity index (χ2n) is 2.76. The Hall–Kier alpha value is 0.320. The van der Waals surface area contributed by atoms with E-state index < -0.39 is 4.33 Å². The van der Waals surface area contributed by atoms with E-state index in [1.165, 1.54) is 0 Å². The molecule has 1 aliphatic carbocycles. The van der Waals surface area contributed by atoms with Crippen LogP contribution in [0.1, 0.15) is 32.1 Å². The van der Waals surface area contributed by atoms with Gasteiger partial charge in [-0.3, -0.25) is 0 Å². The number of alkyl halides is 2. The van der Waals surface area contributed by atoms with Crippen LogP contribution in [0.2, 0.25) is 0 Å². The molecule has 0 heterocycles. The molecule has 1 aliphatic rings. The zero-order chi connectivity index (χ0) is 7.45. The van der Waals surface area contributed by atoms with Crippen LogP contribution in [0, 0.1) is 0 Å². The predicted molar refractivity (Wildman–Crippen MR) is 46.7 cm³/mol. The van der Waals surface area contributed by atoms with E-state index in [9.17, 15) is 0 Å². The van der Waals surface area contributed by atoms with Gasteiger partial charge in [0, 0.05) is 0 Å². The monoisotopic (exact) mass is 178 g/mol. The van der Waals surface area contributed by atoms with Gasteiger partial charge in [0.15, 0.2) is 0 Å². The van der Waals surface area contributed by atoms with Crippen molar-refractivity contribution in [3.8, 4) is 0 Å². The first-order valence-electron chi connectivity index (χ1n) is 3.73. The minimum Gasteiger partial charge on any atom is -0.102 e. The van der Waals surface area contributed by atoms with Crippen molar-refractivity contribution in [2.24, 2.45) is 0 Å². The Morgan fingerprint density at radius 2 is 1.70 bits per heavy atom. The van der Waals surface area contributed by atoms with Gasteiger partial charge in [0.05, 0.1) is 0 Å². The molecule has 0 aliphatic heterocycles. The summed E-state index contributed by atoms with van der Waals surface area (Å²) in [7, 11) is 0. The Kier molecular flexibility index (Phi) is 3.06. The van der Waals surface area contributed by atoms with Crippen LogP contribution in [-0.2, 0) is 0 Å². The van der Waals surface area contributed by atoms with Crippen molar-refractivity contribution < 1.29 is 0 Å². The third kappa shape index (κ3) is 2.94. The highest BCUT2D eigenvalue weighted by Gasteiger charge is 2.22. The summed E-state index contributed by atoms with van der Waals surface area (Å²) >= 11 is 12.0. The molecule has 10 heavy (non-hydrogen) atoms. The van der Waals surface area contributed by atoms with Gasteiger partial charge in [-0.2, -0.15) is 0 Å². The Bertz CT molecular complexity index is 127. The van der Waals surface area contributed by atoms with Crippen LogP contribution in [0.3, 0.4) is 0 Å². The Balaban J connectivity index is 2.43. The number of hydrogen-bond acceptors (Lipinski definition) is 0. The predicted octanol–water partition coefficient (Wildman–Crippen LogP) is 3.68. The van der Waals surface area contributed by atoms with Crippen LogP contribution in [0.5, 0.6) is 0 Å². The fourth-order valence-electron chi connectivity index (χ4n) is 1.13. The Labute approximate surface area is 72.2 Å². The zero-order valence-corrected chi connectivity index (χ0v) is 7.46. The van der Waals surface area contributed by atoms with Crippen LogP contribution in [0.15, 0.2) is 12.2 Å². The third-order valence-corrected chi connectivity index (χ3v) is 2.51. The van der Waals surface area contributed by atoms with E-state index in [1.807, 2.05) is 0 Å². The van der Waals surface area contributed by atoms with Crippen LogP contribution in [0.25, 0.3) is 0 Å². The van der Waals surface area contributed by atoms with Gasteiger partial charge in [0.2, 0.25) is 0 Å². The molecule has 0 bridgehead atoms. The Morgan fingerprint density at radius 1 is 1.00 bits per heavy atom. The maximum Gasteiger partial charge on any atom is 0.118 e. The second kappa shape index (κ2) is 3.64. The molecule has 0 unspecified atom stereocenters. The van der Waals surface area contributed by atoms with Gasteiger partial charge in [-0.15, -0.1) is 23.2 Å². The molecule has 58 valence electrons. The fraction of sp³-hybridized carbons (Fsp3) is 0.750. The van der Waals surface area contributed by atoms with Crippen molar-refractivity contribution in [3.05, 3.63) is 12.2 Å². The molecule has 0 atom stereocenters. The lowest BCUT2D eigenvalue weighted by molar-refractivity contribution is 0.601. The molecule has 0 fully saturated rings. The van der Waals surface area contributed by atoms with Crippen molar-refractivity contribution in [3.63, 3.8) is 0 Å². The average molecular weight is 179 g/mol. The van der Waals surface area contributed by atoms with Crippen molar-refractivity contribution >= 4 is 23.2 Å². The van der Waals surface area contributed by atoms with E-state index in [0.29, 0.717) is 0 Å². The van der Waals surface area contributed by atoms with Crippen LogP contribution >= 0.6 is 23.2 Å². The Morgan fingerprint density at radius 3 is 2.50 bits per heavy atom. The summed E-state index contributed by atoms with van der Waals surface area (Å²) in [5, 5.41) is 0. The van der Waals surface area contributed by atoms with Crippen molar-refractivity contribution in [1.82, 2.24) is 0 Å². The van der Waals surface area contributed by atoms with Crippen molar-refractivity contribution in [2.75, 3.05) is 0 Å².